The van der Waals surface area contributed by atoms with Crippen LogP contribution >= 0.6 is 11.8 Å². The average molecular weight is 815 g/mol. The molecule has 0 fully saturated rings. The molecule has 0 amide bonds. The van der Waals surface area contributed by atoms with E-state index in [0.717, 1.165) is 48.0 Å². The number of rotatable bonds is 11. The first kappa shape index (κ1) is 40.1. The fourth-order valence-electron chi connectivity index (χ4n) is 4.51. The van der Waals surface area contributed by atoms with Gasteiger partial charge in [0, 0.05) is 11.6 Å². The van der Waals surface area contributed by atoms with Gasteiger partial charge in [0.1, 0.15) is 28.7 Å². The van der Waals surface area contributed by atoms with Gasteiger partial charge >= 0.3 is 20.6 Å². The normalized spacial score (nSPS) is 12.2. The SMILES string of the molecule is Cc1ccc(Oc2cc(Oc3ccc(Oc4c(F)c(F)c(-c5c(F)c(F)c(C)c(F)c5F)c(F)c4F)cc3)ccc2SC(F)(F)C(F)(F)S(=O)(=O)O)cc1. The highest BCUT2D eigenvalue weighted by Crippen LogP contribution is 2.52. The Morgan fingerprint density at radius 1 is 0.556 bits per heavy atom. The first-order chi connectivity index (χ1) is 25.1. The van der Waals surface area contributed by atoms with E-state index in [9.17, 15) is 61.1 Å². The summed E-state index contributed by atoms with van der Waals surface area (Å²) in [4.78, 5) is -0.738. The average Bonchev–Trinajstić information content (AvgIpc) is 3.11. The van der Waals surface area contributed by atoms with E-state index in [4.69, 9.17) is 18.8 Å². The summed E-state index contributed by atoms with van der Waals surface area (Å²) in [5.74, 6) is -21.6. The monoisotopic (exact) mass is 814 g/mol. The number of hydrogen-bond acceptors (Lipinski definition) is 6. The molecule has 5 rings (SSSR count). The van der Waals surface area contributed by atoms with Gasteiger partial charge in [0.25, 0.3) is 0 Å². The van der Waals surface area contributed by atoms with Crippen LogP contribution in [0.5, 0.6) is 34.5 Å². The second-order valence-corrected chi connectivity index (χ2v) is 13.6. The fraction of sp³-hybridized carbons (Fsp3) is 0.118. The van der Waals surface area contributed by atoms with Gasteiger partial charge < -0.3 is 14.2 Å². The Balaban J connectivity index is 1.43. The molecule has 0 atom stereocenters. The minimum Gasteiger partial charge on any atom is -0.457 e. The molecule has 0 radical (unpaired) electrons. The highest BCUT2D eigenvalue weighted by Gasteiger charge is 2.66. The number of alkyl halides is 4. The molecule has 0 aliphatic carbocycles. The maximum absolute atomic E-state index is 15.0. The molecule has 0 unspecified atom stereocenters. The highest BCUT2D eigenvalue weighted by molar-refractivity contribution is 8.01. The van der Waals surface area contributed by atoms with E-state index >= 15 is 0 Å². The van der Waals surface area contributed by atoms with Gasteiger partial charge in [0.05, 0.1) is 16.0 Å². The summed E-state index contributed by atoms with van der Waals surface area (Å²) in [6.07, 6.45) is 0. The van der Waals surface area contributed by atoms with Crippen molar-refractivity contribution >= 4 is 21.9 Å². The van der Waals surface area contributed by atoms with Crippen molar-refractivity contribution in [3.63, 3.8) is 0 Å². The van der Waals surface area contributed by atoms with E-state index in [1.54, 1.807) is 19.1 Å². The molecule has 6 nitrogen and oxygen atoms in total. The summed E-state index contributed by atoms with van der Waals surface area (Å²) in [7, 11) is -6.57. The zero-order valence-corrected chi connectivity index (χ0v) is 28.3. The van der Waals surface area contributed by atoms with Crippen LogP contribution in [0.2, 0.25) is 0 Å². The van der Waals surface area contributed by atoms with E-state index in [1.165, 1.54) is 12.1 Å². The van der Waals surface area contributed by atoms with Gasteiger partial charge in [0.15, 0.2) is 34.9 Å². The first-order valence-corrected chi connectivity index (χ1v) is 16.8. The maximum atomic E-state index is 15.0. The van der Waals surface area contributed by atoms with Crippen molar-refractivity contribution in [2.45, 2.75) is 29.3 Å². The zero-order valence-electron chi connectivity index (χ0n) is 26.7. The van der Waals surface area contributed by atoms with Crippen LogP contribution in [0, 0.1) is 60.4 Å². The van der Waals surface area contributed by atoms with E-state index in [-0.39, 0.29) is 17.2 Å². The van der Waals surface area contributed by atoms with Gasteiger partial charge in [-0.3, -0.25) is 4.55 Å². The first-order valence-electron chi connectivity index (χ1n) is 14.5. The molecule has 20 heteroatoms. The molecule has 0 spiro atoms. The Hall–Kier alpha value is -5.08. The molecule has 54 heavy (non-hydrogen) atoms. The topological polar surface area (TPSA) is 82.1 Å². The van der Waals surface area contributed by atoms with E-state index in [0.29, 0.717) is 6.92 Å². The summed E-state index contributed by atoms with van der Waals surface area (Å²) in [5.41, 5.74) is -4.61. The number of benzene rings is 5. The van der Waals surface area contributed by atoms with E-state index < -0.39 is 118 Å². The van der Waals surface area contributed by atoms with Crippen molar-refractivity contribution in [2.75, 3.05) is 0 Å². The minimum absolute atomic E-state index is 0.0137. The molecule has 0 heterocycles. The third-order valence-electron chi connectivity index (χ3n) is 7.30. The standard InChI is InChI=1S/C34H18F12O6S2/c1-14-3-5-17(6-4-14)51-20-13-19(11-12-21(20)53-33(43,44)34(45,46)54(47,48)49)50-16-7-9-18(10-8-16)52-32-30(41)28(39)23(29(40)31(32)42)22-26(37)24(35)15(2)25(36)27(22)38/h3-13H,1-2H3,(H,47,48,49). The van der Waals surface area contributed by atoms with Crippen LogP contribution in [-0.4, -0.2) is 23.5 Å². The van der Waals surface area contributed by atoms with Crippen LogP contribution in [0.15, 0.2) is 71.6 Å². The summed E-state index contributed by atoms with van der Waals surface area (Å²) in [5, 5.41) is -11.3. The number of aryl methyl sites for hydroxylation is 1. The van der Waals surface area contributed by atoms with Crippen molar-refractivity contribution in [1.82, 2.24) is 0 Å². The van der Waals surface area contributed by atoms with Crippen LogP contribution in [0.3, 0.4) is 0 Å². The molecule has 0 saturated heterocycles. The van der Waals surface area contributed by atoms with Gasteiger partial charge in [-0.25, -0.2) is 26.3 Å². The maximum Gasteiger partial charge on any atom is 0.442 e. The molecule has 0 saturated carbocycles. The lowest BCUT2D eigenvalue weighted by Gasteiger charge is -2.24. The molecular weight excluding hydrogens is 796 g/mol. The van der Waals surface area contributed by atoms with Crippen LogP contribution in [0.1, 0.15) is 11.1 Å². The Morgan fingerprint density at radius 2 is 0.963 bits per heavy atom. The van der Waals surface area contributed by atoms with E-state index in [1.807, 2.05) is 0 Å². The molecule has 0 aromatic heterocycles. The lowest BCUT2D eigenvalue weighted by atomic mass is 9.99. The highest BCUT2D eigenvalue weighted by atomic mass is 32.2. The number of halogens is 12. The van der Waals surface area contributed by atoms with Crippen LogP contribution in [-0.2, 0) is 10.1 Å². The molecule has 0 aliphatic rings. The van der Waals surface area contributed by atoms with Crippen molar-refractivity contribution in [3.05, 3.63) is 124 Å². The van der Waals surface area contributed by atoms with Gasteiger partial charge in [-0.05, 0) is 74.1 Å². The second-order valence-electron chi connectivity index (χ2n) is 11.0. The second kappa shape index (κ2) is 14.6. The summed E-state index contributed by atoms with van der Waals surface area (Å²) in [6.45, 7) is 2.31. The molecular formula is C34H18F12O6S2. The summed E-state index contributed by atoms with van der Waals surface area (Å²) >= 11 is -0.951. The number of ether oxygens (including phenoxy) is 3. The Morgan fingerprint density at radius 3 is 1.44 bits per heavy atom. The fourth-order valence-corrected chi connectivity index (χ4v) is 5.98. The lowest BCUT2D eigenvalue weighted by molar-refractivity contribution is -0.0946. The minimum atomic E-state index is -6.57. The van der Waals surface area contributed by atoms with Crippen molar-refractivity contribution < 1.29 is 79.9 Å². The van der Waals surface area contributed by atoms with Crippen LogP contribution in [0.4, 0.5) is 52.7 Å². The third kappa shape index (κ3) is 7.49. The number of thioether (sulfide) groups is 1. The Kier molecular flexibility index (Phi) is 10.9. The van der Waals surface area contributed by atoms with Gasteiger partial charge in [-0.1, -0.05) is 17.7 Å². The Bertz CT molecular complexity index is 2320. The predicted octanol–water partition coefficient (Wildman–Crippen LogP) is 11.6. The molecule has 0 bridgehead atoms. The smallest absolute Gasteiger partial charge is 0.442 e. The molecule has 5 aromatic carbocycles. The summed E-state index contributed by atoms with van der Waals surface area (Å²) < 4.78 is 220. The zero-order chi connectivity index (χ0) is 40.1. The molecule has 0 aliphatic heterocycles. The predicted molar refractivity (Wildman–Crippen MR) is 168 cm³/mol. The van der Waals surface area contributed by atoms with Crippen molar-refractivity contribution in [1.29, 1.82) is 0 Å². The van der Waals surface area contributed by atoms with Crippen molar-refractivity contribution in [3.8, 4) is 45.6 Å². The van der Waals surface area contributed by atoms with Gasteiger partial charge in [-0.2, -0.15) is 34.8 Å². The van der Waals surface area contributed by atoms with E-state index in [2.05, 4.69) is 0 Å². The lowest BCUT2D eigenvalue weighted by Crippen LogP contribution is -2.44. The summed E-state index contributed by atoms with van der Waals surface area (Å²) in [6, 6.07) is 12.5. The van der Waals surface area contributed by atoms with Gasteiger partial charge in [-0.15, -0.1) is 0 Å². The molecule has 286 valence electrons. The molecule has 5 aromatic rings. The molecule has 1 N–H and O–H groups in total. The largest absolute Gasteiger partial charge is 0.457 e. The number of hydrogen-bond donors (Lipinski definition) is 1. The van der Waals surface area contributed by atoms with Crippen LogP contribution < -0.4 is 14.2 Å². The van der Waals surface area contributed by atoms with Gasteiger partial charge in [0.2, 0.25) is 17.4 Å². The quantitative estimate of drug-likeness (QED) is 0.0615. The van der Waals surface area contributed by atoms with Crippen LogP contribution in [0.25, 0.3) is 11.1 Å². The van der Waals surface area contributed by atoms with Crippen molar-refractivity contribution in [2.24, 2.45) is 0 Å². The Labute approximate surface area is 300 Å². The third-order valence-corrected chi connectivity index (χ3v) is 9.40.